The highest BCUT2D eigenvalue weighted by atomic mass is 32.2. The molecule has 0 aromatic heterocycles. The zero-order chi connectivity index (χ0) is 15.6. The van der Waals surface area contributed by atoms with Gasteiger partial charge < -0.3 is 11.1 Å². The van der Waals surface area contributed by atoms with Gasteiger partial charge in [-0.25, -0.2) is 8.42 Å². The van der Waals surface area contributed by atoms with Crippen molar-refractivity contribution in [3.63, 3.8) is 0 Å². The van der Waals surface area contributed by atoms with E-state index in [1.54, 1.807) is 30.3 Å². The van der Waals surface area contributed by atoms with E-state index in [1.807, 2.05) is 6.92 Å². The maximum Gasteiger partial charge on any atom is 0.255 e. The minimum atomic E-state index is -3.24. The van der Waals surface area contributed by atoms with E-state index < -0.39 is 9.84 Å². The van der Waals surface area contributed by atoms with E-state index in [1.165, 1.54) is 12.1 Å². The summed E-state index contributed by atoms with van der Waals surface area (Å²) < 4.78 is 22.7. The van der Waals surface area contributed by atoms with Gasteiger partial charge in [0.1, 0.15) is 0 Å². The first-order chi connectivity index (χ1) is 9.77. The molecule has 2 aromatic carbocycles. The molecule has 0 atom stereocenters. The van der Waals surface area contributed by atoms with Crippen molar-refractivity contribution in [2.75, 3.05) is 17.3 Å². The van der Waals surface area contributed by atoms with Crippen LogP contribution >= 0.6 is 0 Å². The number of anilines is 2. The number of carbonyl (C=O) groups is 1. The number of benzene rings is 2. The number of carbonyl (C=O) groups excluding carboxylic acids is 1. The Morgan fingerprint density at radius 2 is 1.71 bits per heavy atom. The Hall–Kier alpha value is -2.34. The largest absolute Gasteiger partial charge is 0.398 e. The molecule has 0 fully saturated rings. The molecule has 0 saturated heterocycles. The van der Waals surface area contributed by atoms with Gasteiger partial charge in [0.25, 0.3) is 5.91 Å². The van der Waals surface area contributed by atoms with Crippen molar-refractivity contribution in [3.8, 4) is 0 Å². The Morgan fingerprint density at radius 1 is 1.10 bits per heavy atom. The SMILES string of the molecule is Cc1ccc(C(=O)Nc2ccc(S(C)(=O)=O)cc2)cc1N. The average Bonchev–Trinajstić information content (AvgIpc) is 2.41. The normalized spacial score (nSPS) is 11.1. The Kier molecular flexibility index (Phi) is 3.99. The predicted molar refractivity (Wildman–Crippen MR) is 83.1 cm³/mol. The highest BCUT2D eigenvalue weighted by Gasteiger charge is 2.09. The van der Waals surface area contributed by atoms with Crippen molar-refractivity contribution in [2.45, 2.75) is 11.8 Å². The molecule has 3 N–H and O–H groups in total. The highest BCUT2D eigenvalue weighted by molar-refractivity contribution is 7.90. The van der Waals surface area contributed by atoms with Crippen LogP contribution in [0.1, 0.15) is 15.9 Å². The van der Waals surface area contributed by atoms with Crippen LogP contribution in [0.25, 0.3) is 0 Å². The fourth-order valence-electron chi connectivity index (χ4n) is 1.77. The minimum Gasteiger partial charge on any atom is -0.398 e. The maximum atomic E-state index is 12.1. The Balaban J connectivity index is 2.18. The van der Waals surface area contributed by atoms with Crippen LogP contribution in [0.4, 0.5) is 11.4 Å². The van der Waals surface area contributed by atoms with E-state index in [0.29, 0.717) is 16.9 Å². The fraction of sp³-hybridized carbons (Fsp3) is 0.133. The number of nitrogens with one attached hydrogen (secondary N) is 1. The van der Waals surface area contributed by atoms with Crippen LogP contribution in [0.2, 0.25) is 0 Å². The van der Waals surface area contributed by atoms with Gasteiger partial charge in [0.2, 0.25) is 0 Å². The molecule has 6 heteroatoms. The van der Waals surface area contributed by atoms with Gasteiger partial charge in [0, 0.05) is 23.2 Å². The third-order valence-corrected chi connectivity index (χ3v) is 4.21. The second-order valence-corrected chi connectivity index (χ2v) is 6.84. The lowest BCUT2D eigenvalue weighted by atomic mass is 10.1. The third-order valence-electron chi connectivity index (χ3n) is 3.08. The summed E-state index contributed by atoms with van der Waals surface area (Å²) in [5.74, 6) is -0.297. The van der Waals surface area contributed by atoms with Crippen molar-refractivity contribution in [2.24, 2.45) is 0 Å². The number of nitrogens with two attached hydrogens (primary N) is 1. The van der Waals surface area contributed by atoms with Crippen LogP contribution in [-0.2, 0) is 9.84 Å². The van der Waals surface area contributed by atoms with Gasteiger partial charge in [-0.05, 0) is 48.9 Å². The number of sulfone groups is 1. The maximum absolute atomic E-state index is 12.1. The van der Waals surface area contributed by atoms with Gasteiger partial charge in [-0.15, -0.1) is 0 Å². The summed E-state index contributed by atoms with van der Waals surface area (Å²) >= 11 is 0. The summed E-state index contributed by atoms with van der Waals surface area (Å²) in [7, 11) is -3.24. The zero-order valence-corrected chi connectivity index (χ0v) is 12.6. The molecule has 0 spiro atoms. The summed E-state index contributed by atoms with van der Waals surface area (Å²) in [6, 6.07) is 11.1. The van der Waals surface area contributed by atoms with Crippen LogP contribution in [0.5, 0.6) is 0 Å². The number of rotatable bonds is 3. The topological polar surface area (TPSA) is 89.3 Å². The summed E-state index contributed by atoms with van der Waals surface area (Å²) in [5, 5.41) is 2.69. The first-order valence-electron chi connectivity index (χ1n) is 6.25. The van der Waals surface area contributed by atoms with Crippen molar-refractivity contribution in [3.05, 3.63) is 53.6 Å². The fourth-order valence-corrected chi connectivity index (χ4v) is 2.40. The summed E-state index contributed by atoms with van der Waals surface area (Å²) in [4.78, 5) is 12.3. The monoisotopic (exact) mass is 304 g/mol. The molecule has 0 aliphatic heterocycles. The lowest BCUT2D eigenvalue weighted by molar-refractivity contribution is 0.102. The summed E-state index contributed by atoms with van der Waals surface area (Å²) in [5.41, 5.74) is 8.20. The van der Waals surface area contributed by atoms with Gasteiger partial charge in [0.15, 0.2) is 9.84 Å². The van der Waals surface area contributed by atoms with Crippen molar-refractivity contribution in [1.29, 1.82) is 0 Å². The molecule has 0 saturated carbocycles. The first-order valence-corrected chi connectivity index (χ1v) is 8.14. The molecular formula is C15H16N2O3S. The summed E-state index contributed by atoms with van der Waals surface area (Å²) in [6.45, 7) is 1.86. The molecule has 21 heavy (non-hydrogen) atoms. The van der Waals surface area contributed by atoms with Gasteiger partial charge >= 0.3 is 0 Å². The van der Waals surface area contributed by atoms with E-state index in [2.05, 4.69) is 5.32 Å². The van der Waals surface area contributed by atoms with Crippen molar-refractivity contribution in [1.82, 2.24) is 0 Å². The Labute approximate surface area is 123 Å². The summed E-state index contributed by atoms with van der Waals surface area (Å²) in [6.07, 6.45) is 1.13. The number of nitrogen functional groups attached to an aromatic ring is 1. The van der Waals surface area contributed by atoms with Crippen LogP contribution in [0.3, 0.4) is 0 Å². The molecule has 0 bridgehead atoms. The number of aryl methyl sites for hydroxylation is 1. The zero-order valence-electron chi connectivity index (χ0n) is 11.8. The van der Waals surface area contributed by atoms with Crippen LogP contribution in [-0.4, -0.2) is 20.6 Å². The lowest BCUT2D eigenvalue weighted by Gasteiger charge is -2.07. The third kappa shape index (κ3) is 3.61. The molecule has 0 unspecified atom stereocenters. The molecule has 2 rings (SSSR count). The standard InChI is InChI=1S/C15H16N2O3S/c1-10-3-4-11(9-14(10)16)15(18)17-12-5-7-13(8-6-12)21(2,19)20/h3-9H,16H2,1-2H3,(H,17,18). The van der Waals surface area contributed by atoms with Crippen molar-refractivity contribution < 1.29 is 13.2 Å². The molecule has 1 amide bonds. The molecule has 110 valence electrons. The molecule has 0 heterocycles. The van der Waals surface area contributed by atoms with E-state index in [4.69, 9.17) is 5.73 Å². The number of hydrogen-bond donors (Lipinski definition) is 2. The van der Waals surface area contributed by atoms with E-state index in [-0.39, 0.29) is 10.8 Å². The highest BCUT2D eigenvalue weighted by Crippen LogP contribution is 2.17. The molecule has 0 aliphatic rings. The van der Waals surface area contributed by atoms with Gasteiger partial charge in [-0.1, -0.05) is 6.07 Å². The molecule has 5 nitrogen and oxygen atoms in total. The molecule has 0 aliphatic carbocycles. The average molecular weight is 304 g/mol. The first kappa shape index (κ1) is 15.1. The van der Waals surface area contributed by atoms with Gasteiger partial charge in [-0.3, -0.25) is 4.79 Å². The second kappa shape index (κ2) is 5.57. The Bertz CT molecular complexity index is 781. The smallest absolute Gasteiger partial charge is 0.255 e. The molecule has 2 aromatic rings. The predicted octanol–water partition coefficient (Wildman–Crippen LogP) is 2.23. The minimum absolute atomic E-state index is 0.208. The second-order valence-electron chi connectivity index (χ2n) is 4.82. The van der Waals surface area contributed by atoms with Gasteiger partial charge in [-0.2, -0.15) is 0 Å². The number of amides is 1. The van der Waals surface area contributed by atoms with E-state index >= 15 is 0 Å². The van der Waals surface area contributed by atoms with Crippen LogP contribution in [0, 0.1) is 6.92 Å². The lowest BCUT2D eigenvalue weighted by Crippen LogP contribution is -2.12. The van der Waals surface area contributed by atoms with Crippen molar-refractivity contribution >= 4 is 27.1 Å². The van der Waals surface area contributed by atoms with Gasteiger partial charge in [0.05, 0.1) is 4.90 Å². The van der Waals surface area contributed by atoms with E-state index in [9.17, 15) is 13.2 Å². The quantitative estimate of drug-likeness (QED) is 0.851. The Morgan fingerprint density at radius 3 is 2.24 bits per heavy atom. The molecule has 0 radical (unpaired) electrons. The number of hydrogen-bond acceptors (Lipinski definition) is 4. The van der Waals surface area contributed by atoms with E-state index in [0.717, 1.165) is 11.8 Å². The van der Waals surface area contributed by atoms with Crippen LogP contribution < -0.4 is 11.1 Å². The molecular weight excluding hydrogens is 288 g/mol. The van der Waals surface area contributed by atoms with Crippen LogP contribution in [0.15, 0.2) is 47.4 Å².